The van der Waals surface area contributed by atoms with E-state index in [4.69, 9.17) is 5.73 Å². The number of piperidine rings is 1. The van der Waals surface area contributed by atoms with E-state index in [9.17, 15) is 0 Å². The summed E-state index contributed by atoms with van der Waals surface area (Å²) in [6.07, 6.45) is 3.52. The van der Waals surface area contributed by atoms with Gasteiger partial charge in [-0.05, 0) is 55.7 Å². The Morgan fingerprint density at radius 3 is 2.70 bits per heavy atom. The molecule has 2 rings (SSSR count). The molecule has 0 aliphatic carbocycles. The standard InChI is InChI=1S/C17H27N3/c1-13-6-5-11-20(12-13)17(18)19-10-9-16-14(2)7-4-8-15(16)3/h4,7-8,13H,5-6,9-12H2,1-3H3,(H2,18,19). The average Bonchev–Trinajstić information content (AvgIpc) is 2.42. The van der Waals surface area contributed by atoms with Crippen molar-refractivity contribution in [3.8, 4) is 0 Å². The van der Waals surface area contributed by atoms with Crippen molar-refractivity contribution in [2.75, 3.05) is 19.6 Å². The maximum atomic E-state index is 6.13. The van der Waals surface area contributed by atoms with E-state index in [1.165, 1.54) is 29.5 Å². The lowest BCUT2D eigenvalue weighted by Crippen LogP contribution is -2.43. The number of aryl methyl sites for hydroxylation is 2. The molecule has 1 aliphatic rings. The van der Waals surface area contributed by atoms with Crippen LogP contribution in [-0.4, -0.2) is 30.5 Å². The highest BCUT2D eigenvalue weighted by Crippen LogP contribution is 2.16. The van der Waals surface area contributed by atoms with Crippen molar-refractivity contribution >= 4 is 5.96 Å². The maximum Gasteiger partial charge on any atom is 0.191 e. The van der Waals surface area contributed by atoms with Crippen LogP contribution >= 0.6 is 0 Å². The second kappa shape index (κ2) is 6.78. The molecule has 0 amide bonds. The topological polar surface area (TPSA) is 41.6 Å². The first-order valence-electron chi connectivity index (χ1n) is 7.68. The van der Waals surface area contributed by atoms with Gasteiger partial charge >= 0.3 is 0 Å². The van der Waals surface area contributed by atoms with E-state index in [0.717, 1.165) is 37.9 Å². The molecule has 0 spiro atoms. The highest BCUT2D eigenvalue weighted by atomic mass is 15.3. The number of hydrogen-bond acceptors (Lipinski definition) is 1. The van der Waals surface area contributed by atoms with Gasteiger partial charge in [-0.3, -0.25) is 4.99 Å². The van der Waals surface area contributed by atoms with E-state index in [2.05, 4.69) is 48.9 Å². The van der Waals surface area contributed by atoms with Crippen LogP contribution in [0.2, 0.25) is 0 Å². The fraction of sp³-hybridized carbons (Fsp3) is 0.588. The monoisotopic (exact) mass is 273 g/mol. The van der Waals surface area contributed by atoms with Gasteiger partial charge in [0.2, 0.25) is 0 Å². The molecular weight excluding hydrogens is 246 g/mol. The van der Waals surface area contributed by atoms with Gasteiger partial charge in [0.25, 0.3) is 0 Å². The van der Waals surface area contributed by atoms with E-state index in [1.807, 2.05) is 0 Å². The first-order chi connectivity index (χ1) is 9.58. The Hall–Kier alpha value is -1.51. The van der Waals surface area contributed by atoms with Crippen LogP contribution in [0.5, 0.6) is 0 Å². The van der Waals surface area contributed by atoms with Crippen LogP contribution in [0.1, 0.15) is 36.5 Å². The Morgan fingerprint density at radius 1 is 1.35 bits per heavy atom. The predicted octanol–water partition coefficient (Wildman–Crippen LogP) is 2.89. The Labute approximate surface area is 122 Å². The minimum Gasteiger partial charge on any atom is -0.370 e. The summed E-state index contributed by atoms with van der Waals surface area (Å²) in [5, 5.41) is 0. The molecular formula is C17H27N3. The summed E-state index contributed by atoms with van der Waals surface area (Å²) in [6, 6.07) is 6.45. The van der Waals surface area contributed by atoms with Gasteiger partial charge in [0, 0.05) is 19.6 Å². The normalized spacial score (nSPS) is 20.2. The van der Waals surface area contributed by atoms with Crippen molar-refractivity contribution in [3.05, 3.63) is 34.9 Å². The molecule has 1 aromatic carbocycles. The summed E-state index contributed by atoms with van der Waals surface area (Å²) >= 11 is 0. The fourth-order valence-corrected chi connectivity index (χ4v) is 3.02. The summed E-state index contributed by atoms with van der Waals surface area (Å²) in [4.78, 5) is 6.82. The van der Waals surface area contributed by atoms with Gasteiger partial charge in [0.15, 0.2) is 5.96 Å². The molecule has 3 heteroatoms. The minimum atomic E-state index is 0.725. The van der Waals surface area contributed by atoms with Crippen LogP contribution in [0.4, 0.5) is 0 Å². The zero-order valence-electron chi connectivity index (χ0n) is 13.0. The molecule has 0 saturated carbocycles. The van der Waals surface area contributed by atoms with Gasteiger partial charge in [-0.2, -0.15) is 0 Å². The number of guanidine groups is 1. The quantitative estimate of drug-likeness (QED) is 0.679. The second-order valence-electron chi connectivity index (χ2n) is 6.05. The van der Waals surface area contributed by atoms with Crippen molar-refractivity contribution in [1.29, 1.82) is 0 Å². The third-order valence-electron chi connectivity index (χ3n) is 4.26. The van der Waals surface area contributed by atoms with E-state index in [0.29, 0.717) is 0 Å². The highest BCUT2D eigenvalue weighted by molar-refractivity contribution is 5.78. The molecule has 1 aromatic rings. The van der Waals surface area contributed by atoms with Crippen LogP contribution in [0, 0.1) is 19.8 Å². The van der Waals surface area contributed by atoms with Crippen molar-refractivity contribution in [2.45, 2.75) is 40.0 Å². The molecule has 1 heterocycles. The third kappa shape index (κ3) is 3.75. The second-order valence-corrected chi connectivity index (χ2v) is 6.05. The Bertz CT molecular complexity index is 459. The lowest BCUT2D eigenvalue weighted by Gasteiger charge is -2.31. The summed E-state index contributed by atoms with van der Waals surface area (Å²) in [7, 11) is 0. The van der Waals surface area contributed by atoms with Crippen LogP contribution < -0.4 is 5.73 Å². The summed E-state index contributed by atoms with van der Waals surface area (Å²) in [5.74, 6) is 1.46. The van der Waals surface area contributed by atoms with Gasteiger partial charge in [-0.15, -0.1) is 0 Å². The molecule has 1 aliphatic heterocycles. The Morgan fingerprint density at radius 2 is 2.05 bits per heavy atom. The summed E-state index contributed by atoms with van der Waals surface area (Å²) < 4.78 is 0. The Balaban J connectivity index is 1.92. The first-order valence-corrected chi connectivity index (χ1v) is 7.68. The van der Waals surface area contributed by atoms with Gasteiger partial charge < -0.3 is 10.6 Å². The lowest BCUT2D eigenvalue weighted by atomic mass is 10.0. The first kappa shape index (κ1) is 14.9. The smallest absolute Gasteiger partial charge is 0.191 e. The molecule has 20 heavy (non-hydrogen) atoms. The molecule has 0 aromatic heterocycles. The molecule has 110 valence electrons. The SMILES string of the molecule is Cc1cccc(C)c1CCN=C(N)N1CCCC(C)C1. The number of likely N-dealkylation sites (tertiary alicyclic amines) is 1. The zero-order valence-corrected chi connectivity index (χ0v) is 13.0. The van der Waals surface area contributed by atoms with Gasteiger partial charge in [0.1, 0.15) is 0 Å². The van der Waals surface area contributed by atoms with E-state index in [-0.39, 0.29) is 0 Å². The molecule has 1 saturated heterocycles. The summed E-state index contributed by atoms with van der Waals surface area (Å²) in [5.41, 5.74) is 10.2. The molecule has 1 atom stereocenters. The van der Waals surface area contributed by atoms with Gasteiger partial charge in [0.05, 0.1) is 0 Å². The van der Waals surface area contributed by atoms with Crippen LogP contribution in [0.15, 0.2) is 23.2 Å². The number of aliphatic imine (C=N–C) groups is 1. The number of rotatable bonds is 3. The number of nitrogens with two attached hydrogens (primary N) is 1. The molecule has 0 bridgehead atoms. The van der Waals surface area contributed by atoms with Crippen molar-refractivity contribution in [3.63, 3.8) is 0 Å². The van der Waals surface area contributed by atoms with Crippen LogP contribution in [0.25, 0.3) is 0 Å². The number of benzene rings is 1. The molecule has 2 N–H and O–H groups in total. The molecule has 1 unspecified atom stereocenters. The van der Waals surface area contributed by atoms with Crippen LogP contribution in [0.3, 0.4) is 0 Å². The van der Waals surface area contributed by atoms with Gasteiger partial charge in [-0.1, -0.05) is 25.1 Å². The highest BCUT2D eigenvalue weighted by Gasteiger charge is 2.17. The van der Waals surface area contributed by atoms with Crippen molar-refractivity contribution in [2.24, 2.45) is 16.6 Å². The van der Waals surface area contributed by atoms with E-state index >= 15 is 0 Å². The van der Waals surface area contributed by atoms with Crippen LogP contribution in [-0.2, 0) is 6.42 Å². The minimum absolute atomic E-state index is 0.725. The predicted molar refractivity (Wildman–Crippen MR) is 86.1 cm³/mol. The van der Waals surface area contributed by atoms with E-state index < -0.39 is 0 Å². The molecule has 1 fully saturated rings. The Kier molecular flexibility index (Phi) is 5.05. The lowest BCUT2D eigenvalue weighted by molar-refractivity contribution is 0.270. The third-order valence-corrected chi connectivity index (χ3v) is 4.26. The number of hydrogen-bond donors (Lipinski definition) is 1. The zero-order chi connectivity index (χ0) is 14.5. The van der Waals surface area contributed by atoms with Gasteiger partial charge in [-0.25, -0.2) is 0 Å². The average molecular weight is 273 g/mol. The molecule has 0 radical (unpaired) electrons. The van der Waals surface area contributed by atoms with Crippen molar-refractivity contribution < 1.29 is 0 Å². The fourth-order valence-electron chi connectivity index (χ4n) is 3.02. The van der Waals surface area contributed by atoms with E-state index in [1.54, 1.807) is 0 Å². The maximum absolute atomic E-state index is 6.13. The summed E-state index contributed by atoms with van der Waals surface area (Å²) in [6.45, 7) is 9.52. The number of nitrogens with zero attached hydrogens (tertiary/aromatic N) is 2. The largest absolute Gasteiger partial charge is 0.370 e. The molecule has 3 nitrogen and oxygen atoms in total. The van der Waals surface area contributed by atoms with Crippen molar-refractivity contribution in [1.82, 2.24) is 4.90 Å².